The summed E-state index contributed by atoms with van der Waals surface area (Å²) >= 11 is 11.6. The van der Waals surface area contributed by atoms with E-state index in [4.69, 9.17) is 23.2 Å². The first kappa shape index (κ1) is 19.2. The molecule has 1 heterocycles. The summed E-state index contributed by atoms with van der Waals surface area (Å²) in [4.78, 5) is 16.5. The number of rotatable bonds is 5. The molecule has 0 saturated heterocycles. The summed E-state index contributed by atoms with van der Waals surface area (Å²) in [6.07, 6.45) is 1.39. The molecule has 0 aliphatic carbocycles. The Bertz CT molecular complexity index is 1070. The van der Waals surface area contributed by atoms with Gasteiger partial charge in [-0.3, -0.25) is 9.52 Å². The standard InChI is InChI=1S/C18H13Cl2N3O3S/c19-12-3-7-14(8-4-12)22-18(24)16-2-1-11-21-17(16)23-27(25,26)15-9-5-13(20)6-10-15/h1-11H,(H,21,23)(H,22,24). The average Bonchev–Trinajstić information content (AvgIpc) is 2.64. The topological polar surface area (TPSA) is 88.2 Å². The van der Waals surface area contributed by atoms with E-state index in [2.05, 4.69) is 15.0 Å². The lowest BCUT2D eigenvalue weighted by molar-refractivity contribution is 0.102. The summed E-state index contributed by atoms with van der Waals surface area (Å²) in [6, 6.07) is 15.2. The molecule has 0 aliphatic rings. The lowest BCUT2D eigenvalue weighted by Gasteiger charge is -2.12. The number of halogens is 2. The van der Waals surface area contributed by atoms with Gasteiger partial charge in [0, 0.05) is 21.9 Å². The molecule has 6 nitrogen and oxygen atoms in total. The van der Waals surface area contributed by atoms with Gasteiger partial charge >= 0.3 is 0 Å². The van der Waals surface area contributed by atoms with Gasteiger partial charge in [0.05, 0.1) is 10.5 Å². The lowest BCUT2D eigenvalue weighted by atomic mass is 10.2. The number of aromatic nitrogens is 1. The van der Waals surface area contributed by atoms with Gasteiger partial charge in [0.15, 0.2) is 5.82 Å². The van der Waals surface area contributed by atoms with Crippen LogP contribution in [0, 0.1) is 0 Å². The Morgan fingerprint density at radius 3 is 2.11 bits per heavy atom. The first-order valence-electron chi connectivity index (χ1n) is 7.65. The van der Waals surface area contributed by atoms with Gasteiger partial charge in [-0.25, -0.2) is 13.4 Å². The van der Waals surface area contributed by atoms with Crippen LogP contribution in [0.2, 0.25) is 10.0 Å². The number of amides is 1. The third-order valence-electron chi connectivity index (χ3n) is 3.51. The van der Waals surface area contributed by atoms with Crippen LogP contribution in [0.1, 0.15) is 10.4 Å². The number of sulfonamides is 1. The quantitative estimate of drug-likeness (QED) is 0.636. The zero-order chi connectivity index (χ0) is 19.4. The van der Waals surface area contributed by atoms with E-state index >= 15 is 0 Å². The maximum absolute atomic E-state index is 12.6. The fraction of sp³-hybridized carbons (Fsp3) is 0. The molecule has 0 atom stereocenters. The fourth-order valence-electron chi connectivity index (χ4n) is 2.20. The highest BCUT2D eigenvalue weighted by atomic mass is 35.5. The van der Waals surface area contributed by atoms with Gasteiger partial charge in [0.2, 0.25) is 0 Å². The Morgan fingerprint density at radius 1 is 0.889 bits per heavy atom. The SMILES string of the molecule is O=C(Nc1ccc(Cl)cc1)c1cccnc1NS(=O)(=O)c1ccc(Cl)cc1. The van der Waals surface area contributed by atoms with E-state index in [0.29, 0.717) is 15.7 Å². The highest BCUT2D eigenvalue weighted by molar-refractivity contribution is 7.92. The molecule has 3 rings (SSSR count). The number of hydrogen-bond acceptors (Lipinski definition) is 4. The van der Waals surface area contributed by atoms with Crippen LogP contribution in [-0.4, -0.2) is 19.3 Å². The first-order chi connectivity index (χ1) is 12.8. The third kappa shape index (κ3) is 4.77. The molecule has 0 unspecified atom stereocenters. The Balaban J connectivity index is 1.86. The molecule has 138 valence electrons. The van der Waals surface area contributed by atoms with Crippen LogP contribution >= 0.6 is 23.2 Å². The summed E-state index contributed by atoms with van der Waals surface area (Å²) in [5.41, 5.74) is 0.588. The fourth-order valence-corrected chi connectivity index (χ4v) is 3.48. The van der Waals surface area contributed by atoms with Crippen LogP contribution in [0.15, 0.2) is 71.8 Å². The van der Waals surface area contributed by atoms with Crippen molar-refractivity contribution < 1.29 is 13.2 Å². The van der Waals surface area contributed by atoms with Crippen LogP contribution in [0.3, 0.4) is 0 Å². The van der Waals surface area contributed by atoms with Crippen LogP contribution in [0.4, 0.5) is 11.5 Å². The molecule has 0 fully saturated rings. The predicted molar refractivity (Wildman–Crippen MR) is 106 cm³/mol. The molecule has 2 N–H and O–H groups in total. The molecule has 3 aromatic rings. The number of carbonyl (C=O) groups is 1. The Labute approximate surface area is 166 Å². The molecule has 1 amide bonds. The monoisotopic (exact) mass is 421 g/mol. The van der Waals surface area contributed by atoms with Crippen LogP contribution in [0.5, 0.6) is 0 Å². The second-order valence-electron chi connectivity index (χ2n) is 5.42. The number of benzene rings is 2. The van der Waals surface area contributed by atoms with E-state index in [1.807, 2.05) is 0 Å². The van der Waals surface area contributed by atoms with Crippen LogP contribution in [0.25, 0.3) is 0 Å². The van der Waals surface area contributed by atoms with E-state index in [1.165, 1.54) is 42.6 Å². The summed E-state index contributed by atoms with van der Waals surface area (Å²) in [5.74, 6) is -0.599. The minimum absolute atomic E-state index is 0.00149. The lowest BCUT2D eigenvalue weighted by Crippen LogP contribution is -2.19. The second-order valence-corrected chi connectivity index (χ2v) is 7.98. The van der Waals surface area contributed by atoms with Crippen molar-refractivity contribution in [2.24, 2.45) is 0 Å². The first-order valence-corrected chi connectivity index (χ1v) is 9.89. The summed E-state index contributed by atoms with van der Waals surface area (Å²) in [7, 11) is -3.93. The zero-order valence-corrected chi connectivity index (χ0v) is 16.0. The number of pyridine rings is 1. The van der Waals surface area contributed by atoms with Crippen molar-refractivity contribution in [1.29, 1.82) is 0 Å². The van der Waals surface area contributed by atoms with Crippen molar-refractivity contribution in [3.05, 3.63) is 82.5 Å². The zero-order valence-electron chi connectivity index (χ0n) is 13.7. The maximum Gasteiger partial charge on any atom is 0.263 e. The van der Waals surface area contributed by atoms with E-state index in [0.717, 1.165) is 0 Å². The third-order valence-corrected chi connectivity index (χ3v) is 5.37. The largest absolute Gasteiger partial charge is 0.322 e. The Hall–Kier alpha value is -2.61. The molecule has 27 heavy (non-hydrogen) atoms. The van der Waals surface area contributed by atoms with E-state index in [9.17, 15) is 13.2 Å². The number of carbonyl (C=O) groups excluding carboxylic acids is 1. The number of anilines is 2. The number of nitrogens with zero attached hydrogens (tertiary/aromatic N) is 1. The van der Waals surface area contributed by atoms with Crippen molar-refractivity contribution >= 4 is 50.6 Å². The van der Waals surface area contributed by atoms with Gasteiger partial charge in [-0.2, -0.15) is 0 Å². The predicted octanol–water partition coefficient (Wildman–Crippen LogP) is 4.44. The highest BCUT2D eigenvalue weighted by Crippen LogP contribution is 2.21. The molecule has 0 spiro atoms. The van der Waals surface area contributed by atoms with Gasteiger partial charge < -0.3 is 5.32 Å². The molecule has 1 aromatic heterocycles. The van der Waals surface area contributed by atoms with Crippen molar-refractivity contribution in [2.75, 3.05) is 10.0 Å². The molecular weight excluding hydrogens is 409 g/mol. The normalized spacial score (nSPS) is 11.0. The van der Waals surface area contributed by atoms with Gasteiger partial charge in [0.25, 0.3) is 15.9 Å². The highest BCUT2D eigenvalue weighted by Gasteiger charge is 2.20. The Kier molecular flexibility index (Phi) is 5.65. The second kappa shape index (κ2) is 7.96. The van der Waals surface area contributed by atoms with Crippen LogP contribution in [-0.2, 0) is 10.0 Å². The van der Waals surface area contributed by atoms with Gasteiger partial charge in [-0.15, -0.1) is 0 Å². The molecule has 0 aliphatic heterocycles. The minimum atomic E-state index is -3.93. The summed E-state index contributed by atoms with van der Waals surface area (Å²) in [6.45, 7) is 0. The summed E-state index contributed by atoms with van der Waals surface area (Å²) < 4.78 is 27.4. The molecule has 2 aromatic carbocycles. The van der Waals surface area contributed by atoms with Crippen molar-refractivity contribution in [3.8, 4) is 0 Å². The molecular formula is C18H13Cl2N3O3S. The molecule has 0 bridgehead atoms. The van der Waals surface area contributed by atoms with Crippen molar-refractivity contribution in [3.63, 3.8) is 0 Å². The van der Waals surface area contributed by atoms with Gasteiger partial charge in [-0.1, -0.05) is 23.2 Å². The van der Waals surface area contributed by atoms with Crippen molar-refractivity contribution in [2.45, 2.75) is 4.90 Å². The van der Waals surface area contributed by atoms with E-state index < -0.39 is 15.9 Å². The van der Waals surface area contributed by atoms with E-state index in [1.54, 1.807) is 24.3 Å². The van der Waals surface area contributed by atoms with E-state index in [-0.39, 0.29) is 16.3 Å². The molecule has 9 heteroatoms. The van der Waals surface area contributed by atoms with Gasteiger partial charge in [-0.05, 0) is 60.7 Å². The maximum atomic E-state index is 12.6. The van der Waals surface area contributed by atoms with Crippen molar-refractivity contribution in [1.82, 2.24) is 4.98 Å². The number of hydrogen-bond donors (Lipinski definition) is 2. The summed E-state index contributed by atoms with van der Waals surface area (Å²) in [5, 5.41) is 3.61. The average molecular weight is 422 g/mol. The molecule has 0 radical (unpaired) electrons. The number of nitrogens with one attached hydrogen (secondary N) is 2. The van der Waals surface area contributed by atoms with Gasteiger partial charge in [0.1, 0.15) is 0 Å². The minimum Gasteiger partial charge on any atom is -0.322 e. The Morgan fingerprint density at radius 2 is 1.48 bits per heavy atom. The van der Waals surface area contributed by atoms with Crippen LogP contribution < -0.4 is 10.0 Å². The smallest absolute Gasteiger partial charge is 0.263 e. The molecule has 0 saturated carbocycles.